The monoisotopic (exact) mass is 444 g/mol. The average molecular weight is 445 g/mol. The lowest BCUT2D eigenvalue weighted by atomic mass is 9.89. The number of hydrazine groups is 1. The average Bonchev–Trinajstić information content (AvgIpc) is 2.74. The van der Waals surface area contributed by atoms with Gasteiger partial charge in [-0.25, -0.2) is 0 Å². The highest BCUT2D eigenvalue weighted by Gasteiger charge is 2.22. The van der Waals surface area contributed by atoms with E-state index in [0.29, 0.717) is 17.9 Å². The van der Waals surface area contributed by atoms with Crippen LogP contribution in [0, 0.1) is 5.92 Å². The molecule has 28 heavy (non-hydrogen) atoms. The highest BCUT2D eigenvalue weighted by molar-refractivity contribution is 9.10. The summed E-state index contributed by atoms with van der Waals surface area (Å²) in [5.41, 5.74) is 6.65. The summed E-state index contributed by atoms with van der Waals surface area (Å²) in [6.07, 6.45) is 5.82. The molecule has 0 spiro atoms. The number of hydrogen-bond donors (Lipinski definition) is 2. The molecule has 2 N–H and O–H groups in total. The molecule has 0 unspecified atom stereocenters. The van der Waals surface area contributed by atoms with Gasteiger partial charge in [0.1, 0.15) is 5.75 Å². The predicted octanol–water partition coefficient (Wildman–Crippen LogP) is 4.41. The number of rotatable bonds is 6. The number of benzene rings is 2. The number of ether oxygens (including phenoxy) is 1. The maximum Gasteiger partial charge on any atom is 0.273 e. The number of halogens is 1. The van der Waals surface area contributed by atoms with Crippen LogP contribution < -0.4 is 15.6 Å². The second-order valence-electron chi connectivity index (χ2n) is 7.00. The van der Waals surface area contributed by atoms with Crippen molar-refractivity contribution in [1.29, 1.82) is 0 Å². The quantitative estimate of drug-likeness (QED) is 0.648. The van der Waals surface area contributed by atoms with Crippen LogP contribution in [0.3, 0.4) is 0 Å². The first-order valence-electron chi connectivity index (χ1n) is 9.70. The molecule has 1 fully saturated rings. The van der Waals surface area contributed by atoms with Crippen molar-refractivity contribution in [1.82, 2.24) is 10.9 Å². The van der Waals surface area contributed by atoms with Crippen molar-refractivity contribution >= 4 is 27.7 Å². The van der Waals surface area contributed by atoms with Crippen LogP contribution in [0.1, 0.15) is 48.0 Å². The van der Waals surface area contributed by atoms with E-state index in [0.717, 1.165) is 36.6 Å². The number of nitrogens with one attached hydrogen (secondary N) is 2. The van der Waals surface area contributed by atoms with E-state index in [-0.39, 0.29) is 17.7 Å². The molecule has 1 aliphatic carbocycles. The summed E-state index contributed by atoms with van der Waals surface area (Å²) in [6.45, 7) is 0.459. The first-order chi connectivity index (χ1) is 13.6. The molecule has 3 rings (SSSR count). The van der Waals surface area contributed by atoms with Gasteiger partial charge in [0.25, 0.3) is 5.91 Å². The Morgan fingerprint density at radius 1 is 1.00 bits per heavy atom. The maximum absolute atomic E-state index is 12.6. The van der Waals surface area contributed by atoms with E-state index in [2.05, 4.69) is 26.8 Å². The Morgan fingerprint density at radius 2 is 1.75 bits per heavy atom. The Labute approximate surface area is 174 Å². The minimum atomic E-state index is -0.389. The second kappa shape index (κ2) is 10.3. The molecular weight excluding hydrogens is 420 g/mol. The minimum absolute atomic E-state index is 0.0156. The summed E-state index contributed by atoms with van der Waals surface area (Å²) in [5.74, 6) is -0.0311. The van der Waals surface area contributed by atoms with Crippen molar-refractivity contribution < 1.29 is 14.3 Å². The van der Waals surface area contributed by atoms with Crippen molar-refractivity contribution in [2.45, 2.75) is 38.5 Å². The molecule has 0 aliphatic heterocycles. The number of hydrogen-bond acceptors (Lipinski definition) is 3. The van der Waals surface area contributed by atoms with Gasteiger partial charge in [-0.1, -0.05) is 65.5 Å². The molecule has 0 atom stereocenters. The summed E-state index contributed by atoms with van der Waals surface area (Å²) < 4.78 is 6.62. The fourth-order valence-corrected chi connectivity index (χ4v) is 3.74. The van der Waals surface area contributed by atoms with Crippen molar-refractivity contribution in [2.24, 2.45) is 5.92 Å². The highest BCUT2D eigenvalue weighted by atomic mass is 79.9. The molecule has 148 valence electrons. The van der Waals surface area contributed by atoms with Gasteiger partial charge in [-0.3, -0.25) is 20.4 Å². The lowest BCUT2D eigenvalue weighted by Crippen LogP contribution is -2.45. The Morgan fingerprint density at radius 3 is 2.50 bits per heavy atom. The van der Waals surface area contributed by atoms with Crippen LogP contribution in [0.15, 0.2) is 53.0 Å². The van der Waals surface area contributed by atoms with E-state index >= 15 is 0 Å². The zero-order chi connectivity index (χ0) is 19.8. The van der Waals surface area contributed by atoms with Gasteiger partial charge in [0.2, 0.25) is 5.91 Å². The second-order valence-corrected chi connectivity index (χ2v) is 7.92. The molecule has 0 radical (unpaired) electrons. The Hall–Kier alpha value is -2.34. The molecule has 2 amide bonds. The molecule has 0 heterocycles. The largest absolute Gasteiger partial charge is 0.492 e. The molecule has 0 bridgehead atoms. The molecule has 2 aromatic rings. The van der Waals surface area contributed by atoms with Crippen LogP contribution in [-0.2, 0) is 11.2 Å². The van der Waals surface area contributed by atoms with Gasteiger partial charge < -0.3 is 4.74 Å². The Balaban J connectivity index is 1.57. The van der Waals surface area contributed by atoms with Crippen molar-refractivity contribution in [3.05, 3.63) is 64.1 Å². The summed E-state index contributed by atoms with van der Waals surface area (Å²) in [4.78, 5) is 24.9. The van der Waals surface area contributed by atoms with Crippen LogP contribution in [-0.4, -0.2) is 18.4 Å². The Kier molecular flexibility index (Phi) is 7.48. The third-order valence-electron chi connectivity index (χ3n) is 4.95. The summed E-state index contributed by atoms with van der Waals surface area (Å²) in [6, 6.07) is 15.3. The molecule has 5 nitrogen and oxygen atoms in total. The highest BCUT2D eigenvalue weighted by Crippen LogP contribution is 2.25. The van der Waals surface area contributed by atoms with Crippen LogP contribution in [0.4, 0.5) is 0 Å². The molecule has 6 heteroatoms. The first-order valence-corrected chi connectivity index (χ1v) is 10.5. The van der Waals surface area contributed by atoms with E-state index in [1.54, 1.807) is 12.1 Å². The van der Waals surface area contributed by atoms with Gasteiger partial charge in [0.05, 0.1) is 12.2 Å². The smallest absolute Gasteiger partial charge is 0.273 e. The summed E-state index contributed by atoms with van der Waals surface area (Å²) in [5, 5.41) is 0. The standard InChI is InChI=1S/C22H25BrN2O3/c23-18-11-12-20(28-14-13-16-7-3-1-4-8-16)19(15-18)22(27)25-24-21(26)17-9-5-2-6-10-17/h1,3-4,7-8,11-12,15,17H,2,5-6,9-10,13-14H2,(H,24,26)(H,25,27). The maximum atomic E-state index is 12.6. The third kappa shape index (κ3) is 5.83. The van der Waals surface area contributed by atoms with E-state index in [9.17, 15) is 9.59 Å². The van der Waals surface area contributed by atoms with Gasteiger partial charge in [-0.15, -0.1) is 0 Å². The number of amides is 2. The van der Waals surface area contributed by atoms with Crippen LogP contribution in [0.5, 0.6) is 5.75 Å². The molecule has 2 aromatic carbocycles. The third-order valence-corrected chi connectivity index (χ3v) is 5.45. The number of carbonyl (C=O) groups is 2. The molecule has 0 saturated heterocycles. The number of carbonyl (C=O) groups excluding carboxylic acids is 2. The molecular formula is C22H25BrN2O3. The van der Waals surface area contributed by atoms with Gasteiger partial charge in [0.15, 0.2) is 0 Å². The summed E-state index contributed by atoms with van der Waals surface area (Å²) >= 11 is 3.39. The minimum Gasteiger partial charge on any atom is -0.492 e. The fraction of sp³-hybridized carbons (Fsp3) is 0.364. The molecule has 1 aliphatic rings. The van der Waals surface area contributed by atoms with Gasteiger partial charge in [0, 0.05) is 16.8 Å². The van der Waals surface area contributed by atoms with Crippen LogP contribution in [0.2, 0.25) is 0 Å². The van der Waals surface area contributed by atoms with Crippen LogP contribution >= 0.6 is 15.9 Å². The van der Waals surface area contributed by atoms with Crippen molar-refractivity contribution in [3.63, 3.8) is 0 Å². The zero-order valence-corrected chi connectivity index (χ0v) is 17.3. The van der Waals surface area contributed by atoms with Crippen molar-refractivity contribution in [2.75, 3.05) is 6.61 Å². The fourth-order valence-electron chi connectivity index (χ4n) is 3.38. The van der Waals surface area contributed by atoms with E-state index in [1.807, 2.05) is 36.4 Å². The van der Waals surface area contributed by atoms with Gasteiger partial charge in [-0.05, 0) is 36.6 Å². The van der Waals surface area contributed by atoms with E-state index < -0.39 is 0 Å². The predicted molar refractivity (Wildman–Crippen MR) is 112 cm³/mol. The zero-order valence-electron chi connectivity index (χ0n) is 15.7. The lowest BCUT2D eigenvalue weighted by Gasteiger charge is -2.21. The lowest BCUT2D eigenvalue weighted by molar-refractivity contribution is -0.126. The topological polar surface area (TPSA) is 67.4 Å². The van der Waals surface area contributed by atoms with Gasteiger partial charge in [-0.2, -0.15) is 0 Å². The van der Waals surface area contributed by atoms with E-state index in [4.69, 9.17) is 4.74 Å². The summed E-state index contributed by atoms with van der Waals surface area (Å²) in [7, 11) is 0. The molecule has 1 saturated carbocycles. The Bertz CT molecular complexity index is 805. The van der Waals surface area contributed by atoms with Gasteiger partial charge >= 0.3 is 0 Å². The SMILES string of the molecule is O=C(NNC(=O)C1CCCCC1)c1cc(Br)ccc1OCCc1ccccc1. The van der Waals surface area contributed by atoms with E-state index in [1.165, 1.54) is 12.0 Å². The molecule has 0 aromatic heterocycles. The van der Waals surface area contributed by atoms with Crippen molar-refractivity contribution in [3.8, 4) is 5.75 Å². The van der Waals surface area contributed by atoms with Crippen LogP contribution in [0.25, 0.3) is 0 Å². The normalized spacial score (nSPS) is 14.3. The first kappa shape index (κ1) is 20.4.